The van der Waals surface area contributed by atoms with Crippen molar-refractivity contribution in [3.05, 3.63) is 42.2 Å². The van der Waals surface area contributed by atoms with Gasteiger partial charge in [-0.15, -0.1) is 0 Å². The fourth-order valence-corrected chi connectivity index (χ4v) is 1.87. The number of Topliss-reactive ketones (excluding diaryl/α,β-unsaturated/α-hetero) is 1. The monoisotopic (exact) mass is 246 g/mol. The van der Waals surface area contributed by atoms with Gasteiger partial charge in [0.1, 0.15) is 5.75 Å². The van der Waals surface area contributed by atoms with Crippen molar-refractivity contribution < 1.29 is 9.53 Å². The third-order valence-electron chi connectivity index (χ3n) is 2.77. The molecule has 1 aromatic carbocycles. The van der Waals surface area contributed by atoms with Crippen LogP contribution >= 0.6 is 0 Å². The highest BCUT2D eigenvalue weighted by Gasteiger charge is 2.13. The summed E-state index contributed by atoms with van der Waals surface area (Å²) >= 11 is 0. The number of ketones is 1. The molecule has 0 radical (unpaired) electrons. The number of hydrogen-bond acceptors (Lipinski definition) is 4. The summed E-state index contributed by atoms with van der Waals surface area (Å²) in [5.74, 6) is 0.924. The van der Waals surface area contributed by atoms with Crippen LogP contribution in [0.2, 0.25) is 0 Å². The predicted octanol–water partition coefficient (Wildman–Crippen LogP) is 1.94. The maximum absolute atomic E-state index is 12.0. The summed E-state index contributed by atoms with van der Waals surface area (Å²) in [5, 5.41) is 0. The summed E-state index contributed by atoms with van der Waals surface area (Å²) in [7, 11) is 1.98. The summed E-state index contributed by atoms with van der Waals surface area (Å²) < 4.78 is 5.35. The average Bonchev–Trinajstić information content (AvgIpc) is 2.76. The molecule has 0 aromatic heterocycles. The molecule has 0 unspecified atom stereocenters. The number of benzene rings is 1. The van der Waals surface area contributed by atoms with Gasteiger partial charge >= 0.3 is 0 Å². The van der Waals surface area contributed by atoms with Crippen molar-refractivity contribution in [2.45, 2.75) is 6.92 Å². The van der Waals surface area contributed by atoms with Crippen molar-refractivity contribution in [1.82, 2.24) is 9.80 Å². The highest BCUT2D eigenvalue weighted by molar-refractivity contribution is 5.97. The molecule has 18 heavy (non-hydrogen) atoms. The molecule has 1 aliphatic rings. The van der Waals surface area contributed by atoms with E-state index in [1.807, 2.05) is 60.4 Å². The van der Waals surface area contributed by atoms with E-state index in [4.69, 9.17) is 4.74 Å². The normalized spacial score (nSPS) is 14.1. The maximum Gasteiger partial charge on any atom is 0.182 e. The number of rotatable bonds is 5. The molecule has 0 fully saturated rings. The van der Waals surface area contributed by atoms with Crippen LogP contribution in [0.15, 0.2) is 36.7 Å². The molecule has 0 saturated heterocycles. The van der Waals surface area contributed by atoms with Crippen molar-refractivity contribution in [1.29, 1.82) is 0 Å². The maximum atomic E-state index is 12.0. The number of carbonyl (C=O) groups is 1. The van der Waals surface area contributed by atoms with E-state index in [-0.39, 0.29) is 5.78 Å². The molecule has 0 aliphatic carbocycles. The van der Waals surface area contributed by atoms with Gasteiger partial charge in [-0.25, -0.2) is 0 Å². The van der Waals surface area contributed by atoms with E-state index in [0.717, 1.165) is 18.0 Å². The van der Waals surface area contributed by atoms with Gasteiger partial charge in [0.2, 0.25) is 0 Å². The zero-order chi connectivity index (χ0) is 13.0. The van der Waals surface area contributed by atoms with Crippen molar-refractivity contribution in [2.75, 3.05) is 26.9 Å². The first kappa shape index (κ1) is 12.5. The summed E-state index contributed by atoms with van der Waals surface area (Å²) in [5.41, 5.74) is 0.724. The molecule has 0 amide bonds. The topological polar surface area (TPSA) is 32.8 Å². The van der Waals surface area contributed by atoms with E-state index in [2.05, 4.69) is 0 Å². The van der Waals surface area contributed by atoms with Crippen LogP contribution in [0.3, 0.4) is 0 Å². The molecule has 0 saturated carbocycles. The van der Waals surface area contributed by atoms with Gasteiger partial charge in [0.15, 0.2) is 5.78 Å². The number of ether oxygens (including phenoxy) is 1. The Morgan fingerprint density at radius 2 is 2.00 bits per heavy atom. The Hall–Kier alpha value is -1.97. The van der Waals surface area contributed by atoms with Gasteiger partial charge in [-0.1, -0.05) is 0 Å². The van der Waals surface area contributed by atoms with Crippen LogP contribution in [0.1, 0.15) is 17.3 Å². The molecule has 4 nitrogen and oxygen atoms in total. The second-order valence-electron chi connectivity index (χ2n) is 4.32. The van der Waals surface area contributed by atoms with Crippen LogP contribution in [-0.2, 0) is 0 Å². The molecule has 0 spiro atoms. The zero-order valence-electron chi connectivity index (χ0n) is 10.8. The largest absolute Gasteiger partial charge is 0.494 e. The van der Waals surface area contributed by atoms with E-state index in [9.17, 15) is 4.79 Å². The first-order valence-corrected chi connectivity index (χ1v) is 6.07. The first-order chi connectivity index (χ1) is 8.69. The van der Waals surface area contributed by atoms with Crippen LogP contribution in [0, 0.1) is 0 Å². The van der Waals surface area contributed by atoms with Gasteiger partial charge in [-0.05, 0) is 31.2 Å². The van der Waals surface area contributed by atoms with E-state index < -0.39 is 0 Å². The molecular formula is C14H18N2O2. The van der Waals surface area contributed by atoms with Gasteiger partial charge in [0.25, 0.3) is 0 Å². The molecule has 1 aliphatic heterocycles. The minimum Gasteiger partial charge on any atom is -0.494 e. The van der Waals surface area contributed by atoms with Gasteiger partial charge < -0.3 is 14.5 Å². The van der Waals surface area contributed by atoms with Gasteiger partial charge in [0, 0.05) is 25.0 Å². The van der Waals surface area contributed by atoms with E-state index in [1.54, 1.807) is 0 Å². The van der Waals surface area contributed by atoms with Gasteiger partial charge in [-0.3, -0.25) is 4.79 Å². The zero-order valence-corrected chi connectivity index (χ0v) is 10.8. The van der Waals surface area contributed by atoms with Crippen molar-refractivity contribution in [3.8, 4) is 5.75 Å². The average molecular weight is 246 g/mol. The lowest BCUT2D eigenvalue weighted by Crippen LogP contribution is -2.27. The van der Waals surface area contributed by atoms with Crippen molar-refractivity contribution in [3.63, 3.8) is 0 Å². The summed E-state index contributed by atoms with van der Waals surface area (Å²) in [6.07, 6.45) is 3.90. The van der Waals surface area contributed by atoms with Gasteiger partial charge in [-0.2, -0.15) is 0 Å². The van der Waals surface area contributed by atoms with Crippen molar-refractivity contribution in [2.24, 2.45) is 0 Å². The Bertz CT molecular complexity index is 440. The minimum absolute atomic E-state index is 0.123. The van der Waals surface area contributed by atoms with Crippen LogP contribution in [0.25, 0.3) is 0 Å². The van der Waals surface area contributed by atoms with Crippen molar-refractivity contribution >= 4 is 5.78 Å². The highest BCUT2D eigenvalue weighted by atomic mass is 16.5. The fourth-order valence-electron chi connectivity index (χ4n) is 1.87. The van der Waals surface area contributed by atoms with E-state index >= 15 is 0 Å². The first-order valence-electron chi connectivity index (χ1n) is 6.07. The standard InChI is InChI=1S/C14H18N2O2/c1-3-18-13-6-4-12(5-7-13)14(17)10-16-9-8-15(2)11-16/h4-9H,3,10-11H2,1-2H3. The number of hydrogen-bond donors (Lipinski definition) is 0. The molecule has 0 N–H and O–H groups in total. The fraction of sp³-hybridized carbons (Fsp3) is 0.357. The summed E-state index contributed by atoms with van der Waals surface area (Å²) in [6, 6.07) is 7.30. The lowest BCUT2D eigenvalue weighted by molar-refractivity contribution is 0.0948. The highest BCUT2D eigenvalue weighted by Crippen LogP contribution is 2.13. The third kappa shape index (κ3) is 3.03. The molecule has 1 aromatic rings. The molecule has 96 valence electrons. The molecule has 1 heterocycles. The quantitative estimate of drug-likeness (QED) is 0.743. The molecule has 0 bridgehead atoms. The lowest BCUT2D eigenvalue weighted by atomic mass is 10.1. The Kier molecular flexibility index (Phi) is 3.87. The Balaban J connectivity index is 1.94. The van der Waals surface area contributed by atoms with Crippen LogP contribution < -0.4 is 4.74 Å². The smallest absolute Gasteiger partial charge is 0.182 e. The molecule has 2 rings (SSSR count). The SMILES string of the molecule is CCOc1ccc(C(=O)CN2C=CN(C)C2)cc1. The van der Waals surface area contributed by atoms with E-state index in [0.29, 0.717) is 13.2 Å². The number of carbonyl (C=O) groups excluding carboxylic acids is 1. The molecule has 0 atom stereocenters. The second kappa shape index (κ2) is 5.58. The predicted molar refractivity (Wildman–Crippen MR) is 70.4 cm³/mol. The Morgan fingerprint density at radius 1 is 1.28 bits per heavy atom. The van der Waals surface area contributed by atoms with Crippen LogP contribution in [-0.4, -0.2) is 42.5 Å². The minimum atomic E-state index is 0.123. The Morgan fingerprint density at radius 3 is 2.56 bits per heavy atom. The molecule has 4 heteroatoms. The summed E-state index contributed by atoms with van der Waals surface area (Å²) in [4.78, 5) is 16.1. The summed E-state index contributed by atoms with van der Waals surface area (Å²) in [6.45, 7) is 3.76. The Labute approximate surface area is 107 Å². The lowest BCUT2D eigenvalue weighted by Gasteiger charge is -2.17. The van der Waals surface area contributed by atoms with E-state index in [1.165, 1.54) is 0 Å². The number of nitrogens with zero attached hydrogens (tertiary/aromatic N) is 2. The second-order valence-corrected chi connectivity index (χ2v) is 4.32. The molecular weight excluding hydrogens is 228 g/mol. The van der Waals surface area contributed by atoms with Gasteiger partial charge in [0.05, 0.1) is 19.8 Å². The third-order valence-corrected chi connectivity index (χ3v) is 2.77. The van der Waals surface area contributed by atoms with Crippen LogP contribution in [0.4, 0.5) is 0 Å². The van der Waals surface area contributed by atoms with Crippen LogP contribution in [0.5, 0.6) is 5.75 Å².